The van der Waals surface area contributed by atoms with Crippen molar-refractivity contribution in [2.45, 2.75) is 13.1 Å². The van der Waals surface area contributed by atoms with Crippen LogP contribution in [-0.2, 0) is 27.2 Å². The first-order valence-electron chi connectivity index (χ1n) is 9.46. The van der Waals surface area contributed by atoms with Gasteiger partial charge in [0.05, 0.1) is 29.5 Å². The number of aryl methyl sites for hydroxylation is 1. The SMILES string of the molecule is Cn1ncc(Br)c1CNC(=O)c1cccc(NCc2nnc(-c3ccncn3)n2C)c1. The molecule has 0 unspecified atom stereocenters. The lowest BCUT2D eigenvalue weighted by atomic mass is 10.2. The van der Waals surface area contributed by atoms with Gasteiger partial charge in [0.15, 0.2) is 11.6 Å². The van der Waals surface area contributed by atoms with Crippen LogP contribution in [0, 0.1) is 0 Å². The van der Waals surface area contributed by atoms with E-state index >= 15 is 0 Å². The van der Waals surface area contributed by atoms with Gasteiger partial charge >= 0.3 is 0 Å². The number of amides is 1. The lowest BCUT2D eigenvalue weighted by Crippen LogP contribution is -2.24. The molecule has 3 aromatic heterocycles. The van der Waals surface area contributed by atoms with Gasteiger partial charge in [-0.3, -0.25) is 9.48 Å². The van der Waals surface area contributed by atoms with Gasteiger partial charge in [0.25, 0.3) is 5.91 Å². The quantitative estimate of drug-likeness (QED) is 0.415. The standard InChI is InChI=1S/C20H20BrN9O/c1-29-18(27-28-19(29)16-6-7-22-12-25-16)11-23-14-5-3-4-13(8-14)20(31)24-10-17-15(21)9-26-30(17)2/h3-9,12,23H,10-11H2,1-2H3,(H,24,31). The van der Waals surface area contributed by atoms with Crippen molar-refractivity contribution < 1.29 is 4.79 Å². The summed E-state index contributed by atoms with van der Waals surface area (Å²) in [4.78, 5) is 20.7. The number of hydrogen-bond donors (Lipinski definition) is 2. The second kappa shape index (κ2) is 9.04. The van der Waals surface area contributed by atoms with Gasteiger partial charge in [-0.1, -0.05) is 6.07 Å². The number of carbonyl (C=O) groups excluding carboxylic acids is 1. The van der Waals surface area contributed by atoms with Crippen LogP contribution in [0.25, 0.3) is 11.5 Å². The summed E-state index contributed by atoms with van der Waals surface area (Å²) < 4.78 is 4.45. The van der Waals surface area contributed by atoms with Crippen LogP contribution in [0.2, 0.25) is 0 Å². The molecular weight excluding hydrogens is 462 g/mol. The Labute approximate surface area is 186 Å². The third kappa shape index (κ3) is 4.61. The normalized spacial score (nSPS) is 10.8. The molecule has 0 atom stereocenters. The van der Waals surface area contributed by atoms with Crippen molar-refractivity contribution in [2.75, 3.05) is 5.32 Å². The lowest BCUT2D eigenvalue weighted by molar-refractivity contribution is 0.0950. The molecule has 4 aromatic rings. The van der Waals surface area contributed by atoms with Crippen LogP contribution >= 0.6 is 15.9 Å². The Morgan fingerprint density at radius 1 is 1.16 bits per heavy atom. The fourth-order valence-corrected chi connectivity index (χ4v) is 3.50. The van der Waals surface area contributed by atoms with Crippen molar-refractivity contribution in [1.82, 2.24) is 39.8 Å². The fraction of sp³-hybridized carbons (Fsp3) is 0.200. The van der Waals surface area contributed by atoms with Crippen LogP contribution in [0.3, 0.4) is 0 Å². The van der Waals surface area contributed by atoms with Gasteiger partial charge in [-0.25, -0.2) is 9.97 Å². The van der Waals surface area contributed by atoms with E-state index < -0.39 is 0 Å². The molecule has 0 spiro atoms. The van der Waals surface area contributed by atoms with E-state index in [0.29, 0.717) is 30.2 Å². The number of nitrogens with one attached hydrogen (secondary N) is 2. The number of anilines is 1. The molecule has 11 heteroatoms. The number of halogens is 1. The second-order valence-corrected chi connectivity index (χ2v) is 7.63. The first kappa shape index (κ1) is 20.7. The number of benzene rings is 1. The average molecular weight is 482 g/mol. The Morgan fingerprint density at radius 3 is 2.77 bits per heavy atom. The maximum absolute atomic E-state index is 12.6. The molecule has 0 radical (unpaired) electrons. The summed E-state index contributed by atoms with van der Waals surface area (Å²) in [7, 11) is 3.72. The molecule has 0 fully saturated rings. The van der Waals surface area contributed by atoms with Gasteiger partial charge in [-0.2, -0.15) is 5.10 Å². The number of aromatic nitrogens is 7. The molecule has 10 nitrogen and oxygen atoms in total. The minimum atomic E-state index is -0.165. The molecule has 3 heterocycles. The predicted octanol–water partition coefficient (Wildman–Crippen LogP) is 2.31. The van der Waals surface area contributed by atoms with Crippen molar-refractivity contribution in [1.29, 1.82) is 0 Å². The minimum Gasteiger partial charge on any atom is -0.378 e. The maximum Gasteiger partial charge on any atom is 0.251 e. The van der Waals surface area contributed by atoms with Gasteiger partial charge in [0, 0.05) is 31.5 Å². The molecule has 1 aromatic carbocycles. The molecule has 0 saturated carbocycles. The van der Waals surface area contributed by atoms with Crippen molar-refractivity contribution in [2.24, 2.45) is 14.1 Å². The Balaban J connectivity index is 1.40. The van der Waals surface area contributed by atoms with Crippen molar-refractivity contribution in [3.8, 4) is 11.5 Å². The van der Waals surface area contributed by atoms with E-state index in [-0.39, 0.29) is 5.91 Å². The molecular formula is C20H20BrN9O. The average Bonchev–Trinajstić information content (AvgIpc) is 3.32. The molecule has 31 heavy (non-hydrogen) atoms. The first-order chi connectivity index (χ1) is 15.0. The topological polar surface area (TPSA) is 115 Å². The molecule has 0 bridgehead atoms. The second-order valence-electron chi connectivity index (χ2n) is 6.77. The Morgan fingerprint density at radius 2 is 2.03 bits per heavy atom. The third-order valence-corrected chi connectivity index (χ3v) is 5.44. The predicted molar refractivity (Wildman–Crippen MR) is 118 cm³/mol. The molecule has 0 aliphatic heterocycles. The van der Waals surface area contributed by atoms with E-state index in [0.717, 1.165) is 21.7 Å². The van der Waals surface area contributed by atoms with E-state index in [1.165, 1.54) is 6.33 Å². The summed E-state index contributed by atoms with van der Waals surface area (Å²) in [5, 5.41) is 18.8. The molecule has 0 aliphatic rings. The largest absolute Gasteiger partial charge is 0.378 e. The van der Waals surface area contributed by atoms with Gasteiger partial charge < -0.3 is 15.2 Å². The maximum atomic E-state index is 12.6. The summed E-state index contributed by atoms with van der Waals surface area (Å²) in [6.45, 7) is 0.819. The highest BCUT2D eigenvalue weighted by molar-refractivity contribution is 9.10. The smallest absolute Gasteiger partial charge is 0.251 e. The number of carbonyl (C=O) groups is 1. The molecule has 158 valence electrons. The number of rotatable bonds is 7. The summed E-state index contributed by atoms with van der Waals surface area (Å²) in [6.07, 6.45) is 4.85. The highest BCUT2D eigenvalue weighted by atomic mass is 79.9. The van der Waals surface area contributed by atoms with E-state index in [9.17, 15) is 4.79 Å². The van der Waals surface area contributed by atoms with Crippen LogP contribution in [0.1, 0.15) is 21.9 Å². The van der Waals surface area contributed by atoms with Crippen molar-refractivity contribution >= 4 is 27.5 Å². The zero-order chi connectivity index (χ0) is 21.8. The summed E-state index contributed by atoms with van der Waals surface area (Å²) >= 11 is 3.44. The van der Waals surface area contributed by atoms with Gasteiger partial charge in [-0.05, 0) is 40.2 Å². The zero-order valence-corrected chi connectivity index (χ0v) is 18.5. The van der Waals surface area contributed by atoms with Gasteiger partial charge in [-0.15, -0.1) is 10.2 Å². The molecule has 0 aliphatic carbocycles. The molecule has 0 saturated heterocycles. The monoisotopic (exact) mass is 481 g/mol. The van der Waals surface area contributed by atoms with E-state index in [2.05, 4.69) is 51.8 Å². The van der Waals surface area contributed by atoms with Crippen LogP contribution in [0.5, 0.6) is 0 Å². The summed E-state index contributed by atoms with van der Waals surface area (Å²) in [5.74, 6) is 1.24. The van der Waals surface area contributed by atoms with E-state index in [4.69, 9.17) is 0 Å². The Bertz CT molecular complexity index is 1180. The molecule has 2 N–H and O–H groups in total. The minimum absolute atomic E-state index is 0.165. The number of nitrogens with zero attached hydrogens (tertiary/aromatic N) is 7. The third-order valence-electron chi connectivity index (χ3n) is 4.78. The highest BCUT2D eigenvalue weighted by Crippen LogP contribution is 2.17. The van der Waals surface area contributed by atoms with Crippen molar-refractivity contribution in [3.05, 3.63) is 70.6 Å². The zero-order valence-electron chi connectivity index (χ0n) is 16.9. The molecule has 4 rings (SSSR count). The van der Waals surface area contributed by atoms with Crippen molar-refractivity contribution in [3.63, 3.8) is 0 Å². The van der Waals surface area contributed by atoms with Crippen LogP contribution in [-0.4, -0.2) is 40.4 Å². The van der Waals surface area contributed by atoms with Crippen LogP contribution < -0.4 is 10.6 Å². The number of hydrogen-bond acceptors (Lipinski definition) is 7. The lowest BCUT2D eigenvalue weighted by Gasteiger charge is -2.10. The molecule has 1 amide bonds. The van der Waals surface area contributed by atoms with Crippen LogP contribution in [0.15, 0.2) is 53.5 Å². The first-order valence-corrected chi connectivity index (χ1v) is 10.3. The van der Waals surface area contributed by atoms with Crippen LogP contribution in [0.4, 0.5) is 5.69 Å². The highest BCUT2D eigenvalue weighted by Gasteiger charge is 2.13. The Kier molecular flexibility index (Phi) is 6.03. The summed E-state index contributed by atoms with van der Waals surface area (Å²) in [5.41, 5.74) is 2.96. The van der Waals surface area contributed by atoms with Gasteiger partial charge in [0.2, 0.25) is 0 Å². The van der Waals surface area contributed by atoms with Gasteiger partial charge in [0.1, 0.15) is 12.0 Å². The Hall–Kier alpha value is -3.60. The van der Waals surface area contributed by atoms with E-state index in [1.54, 1.807) is 35.3 Å². The summed E-state index contributed by atoms with van der Waals surface area (Å²) in [6, 6.07) is 9.09. The van der Waals surface area contributed by atoms with E-state index in [1.807, 2.05) is 30.8 Å². The fourth-order valence-electron chi connectivity index (χ4n) is 3.01.